The molecule has 26 heavy (non-hydrogen) atoms. The van der Waals surface area contributed by atoms with Gasteiger partial charge in [0.1, 0.15) is 12.4 Å². The summed E-state index contributed by atoms with van der Waals surface area (Å²) in [5, 5.41) is 0.883. The maximum atomic E-state index is 14.0. The third-order valence-corrected chi connectivity index (χ3v) is 6.16. The molecule has 0 saturated carbocycles. The third-order valence-electron chi connectivity index (χ3n) is 4.98. The number of fused-ring (bicyclic) bond motifs is 2. The van der Waals surface area contributed by atoms with Crippen LogP contribution in [0.4, 0.5) is 4.39 Å². The number of thioether (sulfide) groups is 1. The summed E-state index contributed by atoms with van der Waals surface area (Å²) in [6, 6.07) is 13.2. The number of rotatable bonds is 4. The van der Waals surface area contributed by atoms with Gasteiger partial charge in [-0.05, 0) is 49.2 Å². The minimum absolute atomic E-state index is 0.142. The third kappa shape index (κ3) is 2.80. The van der Waals surface area contributed by atoms with Crippen LogP contribution in [0.2, 0.25) is 0 Å². The molecule has 0 N–H and O–H groups in total. The van der Waals surface area contributed by atoms with Crippen LogP contribution in [0, 0.1) is 12.7 Å². The standard InChI is InChI=1S/C21H20FNO2S/c1-3-25-20(24)11-23-13(2)21(16-10-14(22)8-9-18(16)23)17-12-26-19-7-5-4-6-15(17)19/h4-10,17H,3,11-12H2,1-2H3. The van der Waals surface area contributed by atoms with Crippen molar-refractivity contribution in [1.82, 2.24) is 4.57 Å². The summed E-state index contributed by atoms with van der Waals surface area (Å²) in [5.41, 5.74) is 4.27. The van der Waals surface area contributed by atoms with Gasteiger partial charge in [-0.3, -0.25) is 4.79 Å². The van der Waals surface area contributed by atoms with Crippen molar-refractivity contribution < 1.29 is 13.9 Å². The Morgan fingerprint density at radius 2 is 2.12 bits per heavy atom. The van der Waals surface area contributed by atoms with Gasteiger partial charge in [-0.1, -0.05) is 18.2 Å². The number of aromatic nitrogens is 1. The average Bonchev–Trinajstić information content (AvgIpc) is 3.15. The van der Waals surface area contributed by atoms with Gasteiger partial charge in [-0.25, -0.2) is 4.39 Å². The molecule has 3 aromatic rings. The van der Waals surface area contributed by atoms with Gasteiger partial charge < -0.3 is 9.30 Å². The first-order valence-corrected chi connectivity index (χ1v) is 9.74. The Bertz CT molecular complexity index is 995. The van der Waals surface area contributed by atoms with Crippen molar-refractivity contribution in [3.8, 4) is 0 Å². The number of hydrogen-bond acceptors (Lipinski definition) is 3. The molecule has 0 amide bonds. The predicted molar refractivity (Wildman–Crippen MR) is 102 cm³/mol. The largest absolute Gasteiger partial charge is 0.465 e. The molecule has 5 heteroatoms. The normalized spacial score (nSPS) is 16.0. The second-order valence-electron chi connectivity index (χ2n) is 6.45. The zero-order valence-corrected chi connectivity index (χ0v) is 15.6. The number of ether oxygens (including phenoxy) is 1. The van der Waals surface area contributed by atoms with Crippen molar-refractivity contribution >= 4 is 28.6 Å². The van der Waals surface area contributed by atoms with E-state index >= 15 is 0 Å². The second-order valence-corrected chi connectivity index (χ2v) is 7.51. The molecule has 2 aromatic carbocycles. The van der Waals surface area contributed by atoms with E-state index in [2.05, 4.69) is 12.1 Å². The summed E-state index contributed by atoms with van der Waals surface area (Å²) in [5.74, 6) is 0.592. The second kappa shape index (κ2) is 6.80. The van der Waals surface area contributed by atoms with Gasteiger partial charge in [0.05, 0.1) is 6.61 Å². The first-order chi connectivity index (χ1) is 12.6. The minimum Gasteiger partial charge on any atom is -0.465 e. The van der Waals surface area contributed by atoms with Crippen LogP contribution in [0.25, 0.3) is 10.9 Å². The van der Waals surface area contributed by atoms with Crippen LogP contribution in [0.1, 0.15) is 29.7 Å². The van der Waals surface area contributed by atoms with E-state index in [4.69, 9.17) is 4.74 Å². The number of nitrogens with zero attached hydrogens (tertiary/aromatic N) is 1. The van der Waals surface area contributed by atoms with Crippen LogP contribution in [0.5, 0.6) is 0 Å². The van der Waals surface area contributed by atoms with Gasteiger partial charge in [0.2, 0.25) is 0 Å². The van der Waals surface area contributed by atoms with Crippen molar-refractivity contribution in [1.29, 1.82) is 0 Å². The molecule has 4 rings (SSSR count). The molecule has 1 aliphatic rings. The Hall–Kier alpha value is -2.27. The lowest BCUT2D eigenvalue weighted by Crippen LogP contribution is -2.14. The lowest BCUT2D eigenvalue weighted by molar-refractivity contribution is -0.143. The van der Waals surface area contributed by atoms with E-state index in [0.717, 1.165) is 27.9 Å². The van der Waals surface area contributed by atoms with Gasteiger partial charge >= 0.3 is 5.97 Å². The van der Waals surface area contributed by atoms with E-state index in [9.17, 15) is 9.18 Å². The molecule has 2 heterocycles. The van der Waals surface area contributed by atoms with Gasteiger partial charge in [-0.15, -0.1) is 11.8 Å². The molecule has 0 saturated heterocycles. The van der Waals surface area contributed by atoms with Crippen LogP contribution in [-0.2, 0) is 16.1 Å². The van der Waals surface area contributed by atoms with Crippen LogP contribution in [0.15, 0.2) is 47.4 Å². The highest BCUT2D eigenvalue weighted by atomic mass is 32.2. The Kier molecular flexibility index (Phi) is 4.49. The number of hydrogen-bond donors (Lipinski definition) is 0. The number of carbonyl (C=O) groups is 1. The average molecular weight is 369 g/mol. The molecular formula is C21H20FNO2S. The predicted octanol–water partition coefficient (Wildman–Crippen LogP) is 4.89. The first kappa shape index (κ1) is 17.2. The fourth-order valence-electron chi connectivity index (χ4n) is 3.86. The smallest absolute Gasteiger partial charge is 0.325 e. The summed E-state index contributed by atoms with van der Waals surface area (Å²) >= 11 is 1.83. The quantitative estimate of drug-likeness (QED) is 0.614. The highest BCUT2D eigenvalue weighted by molar-refractivity contribution is 7.99. The van der Waals surface area contributed by atoms with Crippen molar-refractivity contribution in [2.24, 2.45) is 0 Å². The SMILES string of the molecule is CCOC(=O)Cn1c(C)c(C2CSc3ccccc32)c2cc(F)ccc21. The van der Waals surface area contributed by atoms with Crippen LogP contribution >= 0.6 is 11.8 Å². The summed E-state index contributed by atoms with van der Waals surface area (Å²) in [4.78, 5) is 13.4. The molecule has 0 radical (unpaired) electrons. The molecule has 0 spiro atoms. The molecule has 1 aliphatic heterocycles. The van der Waals surface area contributed by atoms with Crippen molar-refractivity contribution in [2.75, 3.05) is 12.4 Å². The van der Waals surface area contributed by atoms with Crippen molar-refractivity contribution in [3.05, 3.63) is 65.1 Å². The van der Waals surface area contributed by atoms with E-state index in [1.54, 1.807) is 19.1 Å². The van der Waals surface area contributed by atoms with Crippen molar-refractivity contribution in [3.63, 3.8) is 0 Å². The van der Waals surface area contributed by atoms with Crippen LogP contribution in [-0.4, -0.2) is 22.9 Å². The minimum atomic E-state index is -0.274. The molecule has 0 bridgehead atoms. The van der Waals surface area contributed by atoms with Crippen LogP contribution < -0.4 is 0 Å². The fourth-order valence-corrected chi connectivity index (χ4v) is 5.11. The zero-order valence-electron chi connectivity index (χ0n) is 14.8. The van der Waals surface area contributed by atoms with Gasteiger partial charge in [0.15, 0.2) is 0 Å². The van der Waals surface area contributed by atoms with E-state index < -0.39 is 0 Å². The maximum absolute atomic E-state index is 14.0. The summed E-state index contributed by atoms with van der Waals surface area (Å²) < 4.78 is 21.1. The Morgan fingerprint density at radius 1 is 1.31 bits per heavy atom. The van der Waals surface area contributed by atoms with E-state index in [1.165, 1.54) is 16.5 Å². The lowest BCUT2D eigenvalue weighted by atomic mass is 9.91. The number of benzene rings is 2. The highest BCUT2D eigenvalue weighted by Gasteiger charge is 2.30. The summed E-state index contributed by atoms with van der Waals surface area (Å²) in [6.07, 6.45) is 0. The maximum Gasteiger partial charge on any atom is 0.325 e. The van der Waals surface area contributed by atoms with Crippen molar-refractivity contribution in [2.45, 2.75) is 31.2 Å². The Morgan fingerprint density at radius 3 is 2.92 bits per heavy atom. The number of carbonyl (C=O) groups excluding carboxylic acids is 1. The molecule has 0 aliphatic carbocycles. The van der Waals surface area contributed by atoms with Gasteiger partial charge in [-0.2, -0.15) is 0 Å². The topological polar surface area (TPSA) is 31.2 Å². The Labute approximate surface area is 156 Å². The molecule has 0 fully saturated rings. The van der Waals surface area contributed by atoms with Gasteiger partial charge in [0, 0.05) is 33.2 Å². The van der Waals surface area contributed by atoms with E-state index in [1.807, 2.05) is 35.4 Å². The Balaban J connectivity index is 1.88. The zero-order chi connectivity index (χ0) is 18.3. The summed E-state index contributed by atoms with van der Waals surface area (Å²) in [7, 11) is 0. The molecule has 1 unspecified atom stereocenters. The van der Waals surface area contributed by atoms with E-state index in [-0.39, 0.29) is 24.2 Å². The number of esters is 1. The number of halogens is 1. The van der Waals surface area contributed by atoms with Crippen LogP contribution in [0.3, 0.4) is 0 Å². The lowest BCUT2D eigenvalue weighted by Gasteiger charge is -2.13. The molecule has 1 aromatic heterocycles. The molecular weight excluding hydrogens is 349 g/mol. The van der Waals surface area contributed by atoms with E-state index in [0.29, 0.717) is 6.61 Å². The monoisotopic (exact) mass is 369 g/mol. The van der Waals surface area contributed by atoms with Gasteiger partial charge in [0.25, 0.3) is 0 Å². The molecule has 3 nitrogen and oxygen atoms in total. The molecule has 134 valence electrons. The fraction of sp³-hybridized carbons (Fsp3) is 0.286. The summed E-state index contributed by atoms with van der Waals surface area (Å²) in [6.45, 7) is 4.30. The highest BCUT2D eigenvalue weighted by Crippen LogP contribution is 2.46. The first-order valence-electron chi connectivity index (χ1n) is 8.75. The molecule has 1 atom stereocenters.